The number of nitrogens with zero attached hydrogens (tertiary/aromatic N) is 3. The van der Waals surface area contributed by atoms with Crippen LogP contribution < -0.4 is 15.8 Å². The molecule has 4 N–H and O–H groups in total. The normalized spacial score (nSPS) is 22.0. The first-order chi connectivity index (χ1) is 16.5. The lowest BCUT2D eigenvalue weighted by Gasteiger charge is -2.34. The highest BCUT2D eigenvalue weighted by Crippen LogP contribution is 2.36. The van der Waals surface area contributed by atoms with Gasteiger partial charge >= 0.3 is 0 Å². The molecule has 0 bridgehead atoms. The van der Waals surface area contributed by atoms with Crippen LogP contribution in [0.5, 0.6) is 0 Å². The molecule has 34 heavy (non-hydrogen) atoms. The van der Waals surface area contributed by atoms with Crippen LogP contribution in [0.3, 0.4) is 0 Å². The van der Waals surface area contributed by atoms with Gasteiger partial charge in [-0.15, -0.1) is 11.3 Å². The van der Waals surface area contributed by atoms with E-state index in [4.69, 9.17) is 4.98 Å². The topological polar surface area (TPSA) is 100 Å². The van der Waals surface area contributed by atoms with Crippen molar-refractivity contribution in [2.24, 2.45) is 0 Å². The highest BCUT2D eigenvalue weighted by molar-refractivity contribution is 7.17. The zero-order valence-electron chi connectivity index (χ0n) is 19.3. The number of thiophene rings is 1. The number of hydrogen-bond acceptors (Lipinski definition) is 7. The number of H-pyrrole nitrogens is 2. The minimum Gasteiger partial charge on any atom is -0.393 e. The number of benzene rings is 1. The first-order valence-corrected chi connectivity index (χ1v) is 12.9. The highest BCUT2D eigenvalue weighted by Gasteiger charge is 2.24. The zero-order valence-corrected chi connectivity index (χ0v) is 20.1. The first-order valence-electron chi connectivity index (χ1n) is 12.1. The van der Waals surface area contributed by atoms with Gasteiger partial charge in [-0.3, -0.25) is 4.79 Å². The van der Waals surface area contributed by atoms with Gasteiger partial charge in [0.1, 0.15) is 11.4 Å². The van der Waals surface area contributed by atoms with Gasteiger partial charge < -0.3 is 30.2 Å². The average molecular weight is 479 g/mol. The number of hydrogen-bond donors (Lipinski definition) is 4. The molecule has 2 aliphatic rings. The van der Waals surface area contributed by atoms with E-state index in [9.17, 15) is 9.90 Å². The van der Waals surface area contributed by atoms with Gasteiger partial charge in [0.15, 0.2) is 0 Å². The molecule has 1 aliphatic heterocycles. The van der Waals surface area contributed by atoms with Crippen molar-refractivity contribution in [3.8, 4) is 11.4 Å². The SMILES string of the molecule is CN1CCN(c2ccc3nc(-c4c(N[C@H]5CC[C@@H](O)CC5)c5sccc5[nH]c4=O)[nH]c3c2)CC1. The molecule has 3 aromatic heterocycles. The molecule has 2 fully saturated rings. The van der Waals surface area contributed by atoms with Gasteiger partial charge in [0.05, 0.1) is 33.0 Å². The van der Waals surface area contributed by atoms with E-state index in [1.807, 2.05) is 17.5 Å². The minimum atomic E-state index is -0.219. The third-order valence-corrected chi connectivity index (χ3v) is 8.17. The van der Waals surface area contributed by atoms with E-state index in [0.29, 0.717) is 11.4 Å². The summed E-state index contributed by atoms with van der Waals surface area (Å²) in [5.41, 5.74) is 5.05. The monoisotopic (exact) mass is 478 g/mol. The molecule has 0 amide bonds. The second-order valence-electron chi connectivity index (χ2n) is 9.59. The van der Waals surface area contributed by atoms with Gasteiger partial charge in [0.25, 0.3) is 5.56 Å². The summed E-state index contributed by atoms with van der Waals surface area (Å²) < 4.78 is 1.03. The predicted octanol–water partition coefficient (Wildman–Crippen LogP) is 3.60. The molecule has 9 heteroatoms. The van der Waals surface area contributed by atoms with Gasteiger partial charge in [-0.05, 0) is 62.4 Å². The molecular formula is C25H30N6O2S. The molecule has 1 aliphatic carbocycles. The molecule has 1 aromatic carbocycles. The van der Waals surface area contributed by atoms with E-state index in [0.717, 1.165) is 78.8 Å². The predicted molar refractivity (Wildman–Crippen MR) is 139 cm³/mol. The number of imidazole rings is 1. The Balaban J connectivity index is 1.40. The van der Waals surface area contributed by atoms with Crippen molar-refractivity contribution in [1.82, 2.24) is 19.9 Å². The molecule has 4 heterocycles. The van der Waals surface area contributed by atoms with Crippen molar-refractivity contribution in [3.63, 3.8) is 0 Å². The second kappa shape index (κ2) is 8.72. The maximum atomic E-state index is 13.3. The molecule has 0 atom stereocenters. The standard InChI is InChI=1S/C25H30N6O2S/c1-30-9-11-31(12-10-30)16-4-7-18-20(14-16)28-24(27-18)21-22(26-15-2-5-17(32)6-3-15)23-19(8-13-34-23)29-25(21)33/h4,7-8,13-15,17,32H,2-3,5-6,9-12H2,1H3,(H,27,28)(H2,26,29,33)/t15-,17+. The Morgan fingerprint density at radius 1 is 1.06 bits per heavy atom. The molecule has 8 nitrogen and oxygen atoms in total. The Bertz CT molecular complexity index is 1380. The number of rotatable bonds is 4. The summed E-state index contributed by atoms with van der Waals surface area (Å²) >= 11 is 1.61. The number of likely N-dealkylation sites (N-methyl/N-ethyl adjacent to an activating group) is 1. The maximum Gasteiger partial charge on any atom is 0.261 e. The van der Waals surface area contributed by atoms with Crippen LogP contribution in [0.2, 0.25) is 0 Å². The van der Waals surface area contributed by atoms with E-state index in [1.165, 1.54) is 5.69 Å². The number of aromatic amines is 2. The lowest BCUT2D eigenvalue weighted by atomic mass is 9.93. The van der Waals surface area contributed by atoms with Crippen molar-refractivity contribution >= 4 is 44.0 Å². The fraction of sp³-hybridized carbons (Fsp3) is 0.440. The van der Waals surface area contributed by atoms with Crippen molar-refractivity contribution in [2.75, 3.05) is 43.4 Å². The van der Waals surface area contributed by atoms with Crippen LogP contribution in [0.25, 0.3) is 32.6 Å². The lowest BCUT2D eigenvalue weighted by Crippen LogP contribution is -2.44. The number of anilines is 2. The largest absolute Gasteiger partial charge is 0.393 e. The number of aliphatic hydroxyl groups excluding tert-OH is 1. The summed E-state index contributed by atoms with van der Waals surface area (Å²) in [6.45, 7) is 4.11. The van der Waals surface area contributed by atoms with E-state index >= 15 is 0 Å². The maximum absolute atomic E-state index is 13.3. The zero-order chi connectivity index (χ0) is 23.2. The average Bonchev–Trinajstić information content (AvgIpc) is 3.47. The molecule has 4 aromatic rings. The number of piperazine rings is 1. The van der Waals surface area contributed by atoms with E-state index in [-0.39, 0.29) is 17.7 Å². The summed E-state index contributed by atoms with van der Waals surface area (Å²) in [4.78, 5) is 29.3. The third-order valence-electron chi connectivity index (χ3n) is 7.23. The van der Waals surface area contributed by atoms with Crippen molar-refractivity contribution in [1.29, 1.82) is 0 Å². The van der Waals surface area contributed by atoms with Crippen LogP contribution in [0.4, 0.5) is 11.4 Å². The van der Waals surface area contributed by atoms with Gasteiger partial charge in [-0.1, -0.05) is 0 Å². The molecular weight excluding hydrogens is 448 g/mol. The Morgan fingerprint density at radius 2 is 1.85 bits per heavy atom. The molecule has 1 saturated carbocycles. The van der Waals surface area contributed by atoms with Gasteiger partial charge in [-0.25, -0.2) is 4.98 Å². The second-order valence-corrected chi connectivity index (χ2v) is 10.5. The fourth-order valence-electron chi connectivity index (χ4n) is 5.18. The van der Waals surface area contributed by atoms with Crippen LogP contribution >= 0.6 is 11.3 Å². The highest BCUT2D eigenvalue weighted by atomic mass is 32.1. The lowest BCUT2D eigenvalue weighted by molar-refractivity contribution is 0.126. The Labute approximate surface area is 201 Å². The molecule has 178 valence electrons. The van der Waals surface area contributed by atoms with Gasteiger partial charge in [0, 0.05) is 37.9 Å². The van der Waals surface area contributed by atoms with E-state index < -0.39 is 0 Å². The van der Waals surface area contributed by atoms with E-state index in [2.05, 4.69) is 44.3 Å². The van der Waals surface area contributed by atoms with Crippen LogP contribution in [0.1, 0.15) is 25.7 Å². The molecule has 6 rings (SSSR count). The fourth-order valence-corrected chi connectivity index (χ4v) is 6.04. The molecule has 0 radical (unpaired) electrons. The summed E-state index contributed by atoms with van der Waals surface area (Å²) in [6.07, 6.45) is 3.11. The smallest absolute Gasteiger partial charge is 0.261 e. The minimum absolute atomic E-state index is 0.150. The summed E-state index contributed by atoms with van der Waals surface area (Å²) in [5.74, 6) is 0.584. The summed E-state index contributed by atoms with van der Waals surface area (Å²) in [7, 11) is 2.16. The quantitative estimate of drug-likeness (QED) is 0.358. The number of aliphatic hydroxyl groups is 1. The summed E-state index contributed by atoms with van der Waals surface area (Å²) in [5, 5.41) is 15.6. The first kappa shape index (κ1) is 21.6. The molecule has 0 spiro atoms. The van der Waals surface area contributed by atoms with Crippen LogP contribution in [-0.2, 0) is 0 Å². The van der Waals surface area contributed by atoms with E-state index in [1.54, 1.807) is 11.3 Å². The van der Waals surface area contributed by atoms with Gasteiger partial charge in [0.2, 0.25) is 0 Å². The third kappa shape index (κ3) is 3.97. The summed E-state index contributed by atoms with van der Waals surface area (Å²) in [6, 6.07) is 8.48. The molecule has 0 unspecified atom stereocenters. The van der Waals surface area contributed by atoms with Crippen molar-refractivity contribution < 1.29 is 5.11 Å². The van der Waals surface area contributed by atoms with Crippen molar-refractivity contribution in [3.05, 3.63) is 40.0 Å². The number of fused-ring (bicyclic) bond motifs is 2. The van der Waals surface area contributed by atoms with Crippen LogP contribution in [0.15, 0.2) is 34.4 Å². The van der Waals surface area contributed by atoms with Crippen LogP contribution in [0, 0.1) is 0 Å². The van der Waals surface area contributed by atoms with Gasteiger partial charge in [-0.2, -0.15) is 0 Å². The Morgan fingerprint density at radius 3 is 2.65 bits per heavy atom. The molecule has 1 saturated heterocycles. The van der Waals surface area contributed by atoms with Crippen LogP contribution in [-0.4, -0.2) is 70.3 Å². The van der Waals surface area contributed by atoms with Crippen molar-refractivity contribution in [2.45, 2.75) is 37.8 Å². The Hall–Kier alpha value is -2.88. The number of nitrogens with one attached hydrogen (secondary N) is 3. The Kier molecular flexibility index (Phi) is 5.55. The number of pyridine rings is 1. The number of aromatic nitrogens is 3.